The molecule has 4 heteroatoms. The minimum absolute atomic E-state index is 0.0766. The smallest absolute Gasteiger partial charge is 0.165 e. The zero-order chi connectivity index (χ0) is 12.8. The van der Waals surface area contributed by atoms with Gasteiger partial charge in [-0.05, 0) is 31.0 Å². The number of Topliss-reactive ketones (excluding diaryl/α,β-unsaturated/α-hetero) is 1. The van der Waals surface area contributed by atoms with Gasteiger partial charge in [-0.2, -0.15) is 0 Å². The Bertz CT molecular complexity index is 391. The Hall–Kier alpha value is -0.570. The van der Waals surface area contributed by atoms with Gasteiger partial charge in [0.1, 0.15) is 6.10 Å². The lowest BCUT2D eigenvalue weighted by atomic mass is 10.0. The number of rotatable bonds is 6. The van der Waals surface area contributed by atoms with Crippen molar-refractivity contribution in [1.82, 2.24) is 0 Å². The molecule has 0 aliphatic carbocycles. The Kier molecular flexibility index (Phi) is 5.96. The van der Waals surface area contributed by atoms with Crippen molar-refractivity contribution in [3.63, 3.8) is 0 Å². The van der Waals surface area contributed by atoms with E-state index < -0.39 is 0 Å². The molecule has 94 valence electrons. The van der Waals surface area contributed by atoms with Crippen molar-refractivity contribution in [3.8, 4) is 0 Å². The van der Waals surface area contributed by atoms with Crippen molar-refractivity contribution in [2.75, 3.05) is 6.61 Å². The Morgan fingerprint density at radius 3 is 2.53 bits per heavy atom. The van der Waals surface area contributed by atoms with E-state index in [4.69, 9.17) is 27.9 Å². The van der Waals surface area contributed by atoms with E-state index in [1.54, 1.807) is 12.1 Å². The second-order valence-electron chi connectivity index (χ2n) is 3.74. The minimum atomic E-state index is -0.325. The van der Waals surface area contributed by atoms with Gasteiger partial charge in [-0.3, -0.25) is 4.79 Å². The number of ether oxygens (including phenoxy) is 1. The number of carbonyl (C=O) groups is 1. The third-order valence-corrected chi connectivity index (χ3v) is 3.20. The molecule has 1 aromatic carbocycles. The Labute approximate surface area is 112 Å². The minimum Gasteiger partial charge on any atom is -0.371 e. The highest BCUT2D eigenvalue weighted by Gasteiger charge is 2.16. The second kappa shape index (κ2) is 7.00. The molecule has 0 aromatic heterocycles. The monoisotopic (exact) mass is 274 g/mol. The van der Waals surface area contributed by atoms with Gasteiger partial charge < -0.3 is 4.74 Å². The van der Waals surface area contributed by atoms with Crippen LogP contribution in [0.15, 0.2) is 18.2 Å². The summed E-state index contributed by atoms with van der Waals surface area (Å²) in [4.78, 5) is 11.9. The normalized spacial score (nSPS) is 12.5. The molecular weight excluding hydrogens is 259 g/mol. The van der Waals surface area contributed by atoms with Gasteiger partial charge in [0.2, 0.25) is 0 Å². The predicted octanol–water partition coefficient (Wildman–Crippen LogP) is 3.92. The SMILES string of the molecule is CCOC(CC)C(=O)Cc1ccc(Cl)c(Cl)c1. The molecule has 1 unspecified atom stereocenters. The van der Waals surface area contributed by atoms with Gasteiger partial charge in [0.15, 0.2) is 5.78 Å². The molecule has 0 radical (unpaired) electrons. The summed E-state index contributed by atoms with van der Waals surface area (Å²) in [5, 5.41) is 0.973. The van der Waals surface area contributed by atoms with E-state index >= 15 is 0 Å². The molecule has 0 saturated heterocycles. The molecule has 0 saturated carbocycles. The zero-order valence-corrected chi connectivity index (χ0v) is 11.5. The highest BCUT2D eigenvalue weighted by atomic mass is 35.5. The standard InChI is InChI=1S/C13H16Cl2O2/c1-3-13(17-4-2)12(16)8-9-5-6-10(14)11(15)7-9/h5-7,13H,3-4,8H2,1-2H3. The van der Waals surface area contributed by atoms with Gasteiger partial charge in [0, 0.05) is 13.0 Å². The summed E-state index contributed by atoms with van der Waals surface area (Å²) in [6.45, 7) is 4.37. The summed E-state index contributed by atoms with van der Waals surface area (Å²) in [6, 6.07) is 5.24. The van der Waals surface area contributed by atoms with Crippen LogP contribution < -0.4 is 0 Å². The number of hydrogen-bond acceptors (Lipinski definition) is 2. The van der Waals surface area contributed by atoms with E-state index in [-0.39, 0.29) is 11.9 Å². The van der Waals surface area contributed by atoms with Crippen molar-refractivity contribution in [1.29, 1.82) is 0 Å². The summed E-state index contributed by atoms with van der Waals surface area (Å²) in [5.74, 6) is 0.0766. The van der Waals surface area contributed by atoms with Crippen LogP contribution in [0.4, 0.5) is 0 Å². The third kappa shape index (κ3) is 4.30. The van der Waals surface area contributed by atoms with E-state index in [2.05, 4.69) is 0 Å². The molecule has 1 aromatic rings. The van der Waals surface area contributed by atoms with Gasteiger partial charge >= 0.3 is 0 Å². The molecule has 2 nitrogen and oxygen atoms in total. The van der Waals surface area contributed by atoms with E-state index in [9.17, 15) is 4.79 Å². The fraction of sp³-hybridized carbons (Fsp3) is 0.462. The average Bonchev–Trinajstić information content (AvgIpc) is 2.30. The maximum atomic E-state index is 11.9. The van der Waals surface area contributed by atoms with Crippen molar-refractivity contribution < 1.29 is 9.53 Å². The molecule has 0 bridgehead atoms. The van der Waals surface area contributed by atoms with Crippen LogP contribution in [-0.4, -0.2) is 18.5 Å². The molecular formula is C13H16Cl2O2. The first-order chi connectivity index (χ1) is 8.08. The number of hydrogen-bond donors (Lipinski definition) is 0. The molecule has 0 aliphatic rings. The third-order valence-electron chi connectivity index (χ3n) is 2.46. The van der Waals surface area contributed by atoms with Crippen LogP contribution in [0.25, 0.3) is 0 Å². The fourth-order valence-corrected chi connectivity index (χ4v) is 1.92. The van der Waals surface area contributed by atoms with Gasteiger partial charge in [0.05, 0.1) is 10.0 Å². The summed E-state index contributed by atoms with van der Waals surface area (Å²) >= 11 is 11.7. The summed E-state index contributed by atoms with van der Waals surface area (Å²) < 4.78 is 5.37. The maximum Gasteiger partial charge on any atom is 0.165 e. The van der Waals surface area contributed by atoms with E-state index in [0.29, 0.717) is 29.5 Å². The van der Waals surface area contributed by atoms with E-state index in [1.165, 1.54) is 0 Å². The largest absolute Gasteiger partial charge is 0.371 e. The topological polar surface area (TPSA) is 26.3 Å². The molecule has 1 atom stereocenters. The maximum absolute atomic E-state index is 11.9. The molecule has 0 fully saturated rings. The van der Waals surface area contributed by atoms with Crippen LogP contribution in [0.5, 0.6) is 0 Å². The lowest BCUT2D eigenvalue weighted by Crippen LogP contribution is -2.25. The van der Waals surface area contributed by atoms with Crippen molar-refractivity contribution in [2.24, 2.45) is 0 Å². The molecule has 0 amide bonds. The number of benzene rings is 1. The van der Waals surface area contributed by atoms with Gasteiger partial charge in [0.25, 0.3) is 0 Å². The molecule has 17 heavy (non-hydrogen) atoms. The van der Waals surface area contributed by atoms with E-state index in [1.807, 2.05) is 19.9 Å². The van der Waals surface area contributed by atoms with Crippen LogP contribution in [0.2, 0.25) is 10.0 Å². The molecule has 0 N–H and O–H groups in total. The van der Waals surface area contributed by atoms with Gasteiger partial charge in [-0.25, -0.2) is 0 Å². The predicted molar refractivity (Wildman–Crippen MR) is 70.9 cm³/mol. The average molecular weight is 275 g/mol. The van der Waals surface area contributed by atoms with Gasteiger partial charge in [-0.15, -0.1) is 0 Å². The van der Waals surface area contributed by atoms with Crippen LogP contribution in [0, 0.1) is 0 Å². The van der Waals surface area contributed by atoms with Crippen LogP contribution in [0.3, 0.4) is 0 Å². The molecule has 0 spiro atoms. The molecule has 1 rings (SSSR count). The molecule has 0 aliphatic heterocycles. The number of carbonyl (C=O) groups excluding carboxylic acids is 1. The summed E-state index contributed by atoms with van der Waals surface area (Å²) in [7, 11) is 0. The van der Waals surface area contributed by atoms with E-state index in [0.717, 1.165) is 5.56 Å². The fourth-order valence-electron chi connectivity index (χ4n) is 1.60. The quantitative estimate of drug-likeness (QED) is 0.786. The summed E-state index contributed by atoms with van der Waals surface area (Å²) in [5.41, 5.74) is 0.863. The van der Waals surface area contributed by atoms with Crippen molar-refractivity contribution >= 4 is 29.0 Å². The highest BCUT2D eigenvalue weighted by molar-refractivity contribution is 6.42. The van der Waals surface area contributed by atoms with Crippen molar-refractivity contribution in [3.05, 3.63) is 33.8 Å². The van der Waals surface area contributed by atoms with Crippen molar-refractivity contribution in [2.45, 2.75) is 32.8 Å². The van der Waals surface area contributed by atoms with Crippen LogP contribution in [0.1, 0.15) is 25.8 Å². The Balaban J connectivity index is 2.69. The highest BCUT2D eigenvalue weighted by Crippen LogP contribution is 2.23. The lowest BCUT2D eigenvalue weighted by Gasteiger charge is -2.13. The first-order valence-corrected chi connectivity index (χ1v) is 6.42. The molecule has 0 heterocycles. The van der Waals surface area contributed by atoms with Crippen LogP contribution in [-0.2, 0) is 16.0 Å². The first-order valence-electron chi connectivity index (χ1n) is 5.66. The Morgan fingerprint density at radius 2 is 2.00 bits per heavy atom. The van der Waals surface area contributed by atoms with Crippen LogP contribution >= 0.6 is 23.2 Å². The zero-order valence-electron chi connectivity index (χ0n) is 10.0. The number of ketones is 1. The van der Waals surface area contributed by atoms with Gasteiger partial charge in [-0.1, -0.05) is 36.2 Å². The first kappa shape index (κ1) is 14.5. The second-order valence-corrected chi connectivity index (χ2v) is 4.56. The lowest BCUT2D eigenvalue weighted by molar-refractivity contribution is -0.129. The Morgan fingerprint density at radius 1 is 1.29 bits per heavy atom. The number of halogens is 2. The summed E-state index contributed by atoms with van der Waals surface area (Å²) in [6.07, 6.45) is 0.693.